The van der Waals surface area contributed by atoms with Crippen molar-refractivity contribution in [3.05, 3.63) is 0 Å². The molecular weight excluding hydrogens is 192 g/mol. The molecule has 1 amide bonds. The van der Waals surface area contributed by atoms with Gasteiger partial charge in [-0.25, -0.2) is 0 Å². The van der Waals surface area contributed by atoms with Gasteiger partial charge in [0.2, 0.25) is 5.91 Å². The normalized spacial score (nSPS) is 16.9. The van der Waals surface area contributed by atoms with E-state index in [2.05, 4.69) is 5.32 Å². The fraction of sp³-hybridized carbons (Fsp3) is 0.909. The summed E-state index contributed by atoms with van der Waals surface area (Å²) in [4.78, 5) is 13.4. The Morgan fingerprint density at radius 3 is 2.60 bits per heavy atom. The number of carbonyl (C=O) groups excluding carboxylic acids is 1. The maximum atomic E-state index is 11.5. The second-order valence-corrected chi connectivity index (χ2v) is 5.07. The Balaban J connectivity index is 2.23. The summed E-state index contributed by atoms with van der Waals surface area (Å²) in [5.74, 6) is 0.760. The van der Waals surface area contributed by atoms with E-state index in [0.717, 1.165) is 6.54 Å². The molecule has 0 atom stereocenters. The van der Waals surface area contributed by atoms with E-state index in [1.807, 2.05) is 25.8 Å². The highest BCUT2D eigenvalue weighted by atomic mass is 16.3. The predicted octanol–water partition coefficient (Wildman–Crippen LogP) is 0.215. The minimum atomic E-state index is -0.336. The molecule has 2 N–H and O–H groups in total. The van der Waals surface area contributed by atoms with Gasteiger partial charge in [0.1, 0.15) is 0 Å². The first-order valence-electron chi connectivity index (χ1n) is 5.54. The molecule has 1 aliphatic rings. The van der Waals surface area contributed by atoms with Crippen molar-refractivity contribution < 1.29 is 9.90 Å². The molecule has 1 saturated carbocycles. The first-order valence-corrected chi connectivity index (χ1v) is 5.54. The van der Waals surface area contributed by atoms with Gasteiger partial charge in [-0.2, -0.15) is 0 Å². The van der Waals surface area contributed by atoms with Gasteiger partial charge in [0.05, 0.1) is 13.2 Å². The Morgan fingerprint density at radius 1 is 1.53 bits per heavy atom. The zero-order valence-corrected chi connectivity index (χ0v) is 9.92. The lowest BCUT2D eigenvalue weighted by Crippen LogP contribution is -2.48. The third-order valence-electron chi connectivity index (χ3n) is 3.09. The molecule has 0 saturated heterocycles. The summed E-state index contributed by atoms with van der Waals surface area (Å²) in [6.07, 6.45) is 2.50. The fourth-order valence-corrected chi connectivity index (χ4v) is 1.19. The predicted molar refractivity (Wildman–Crippen MR) is 59.5 cm³/mol. The number of nitrogens with zero attached hydrogens (tertiary/aromatic N) is 1. The van der Waals surface area contributed by atoms with Gasteiger partial charge in [0, 0.05) is 12.1 Å². The van der Waals surface area contributed by atoms with Crippen LogP contribution in [0.4, 0.5) is 0 Å². The highest BCUT2D eigenvalue weighted by Crippen LogP contribution is 2.27. The van der Waals surface area contributed by atoms with Gasteiger partial charge in [-0.05, 0) is 39.7 Å². The quantitative estimate of drug-likeness (QED) is 0.665. The zero-order valence-electron chi connectivity index (χ0n) is 9.92. The van der Waals surface area contributed by atoms with Crippen molar-refractivity contribution >= 4 is 5.91 Å². The van der Waals surface area contributed by atoms with Crippen LogP contribution >= 0.6 is 0 Å². The van der Waals surface area contributed by atoms with Crippen molar-refractivity contribution in [2.24, 2.45) is 5.92 Å². The van der Waals surface area contributed by atoms with Gasteiger partial charge >= 0.3 is 0 Å². The molecule has 1 rings (SSSR count). The van der Waals surface area contributed by atoms with Crippen molar-refractivity contribution in [2.45, 2.75) is 32.2 Å². The van der Waals surface area contributed by atoms with E-state index in [1.165, 1.54) is 12.8 Å². The first kappa shape index (κ1) is 12.5. The van der Waals surface area contributed by atoms with E-state index >= 15 is 0 Å². The average molecular weight is 214 g/mol. The summed E-state index contributed by atoms with van der Waals surface area (Å²) in [5.41, 5.74) is -0.336. The van der Waals surface area contributed by atoms with Crippen LogP contribution in [0.5, 0.6) is 0 Å². The van der Waals surface area contributed by atoms with Crippen LogP contribution in [-0.4, -0.2) is 48.2 Å². The van der Waals surface area contributed by atoms with Gasteiger partial charge in [0.15, 0.2) is 0 Å². The summed E-state index contributed by atoms with van der Waals surface area (Å²) in [5, 5.41) is 12.0. The number of nitrogens with one attached hydrogen (secondary N) is 1. The Kier molecular flexibility index (Phi) is 4.11. The molecule has 0 spiro atoms. The number of carbonyl (C=O) groups is 1. The topological polar surface area (TPSA) is 52.6 Å². The molecule has 4 heteroatoms. The molecule has 0 aliphatic heterocycles. The lowest BCUT2D eigenvalue weighted by atomic mass is 10.1. The number of likely N-dealkylation sites (N-methyl/N-ethyl adjacent to an activating group) is 1. The second kappa shape index (κ2) is 4.94. The molecule has 1 aliphatic carbocycles. The van der Waals surface area contributed by atoms with Crippen LogP contribution in [0.15, 0.2) is 0 Å². The molecule has 0 aromatic rings. The van der Waals surface area contributed by atoms with Crippen LogP contribution in [0.3, 0.4) is 0 Å². The van der Waals surface area contributed by atoms with Crippen molar-refractivity contribution in [3.63, 3.8) is 0 Å². The van der Waals surface area contributed by atoms with E-state index in [1.54, 1.807) is 0 Å². The number of aliphatic hydroxyl groups is 1. The Morgan fingerprint density at radius 2 is 2.13 bits per heavy atom. The van der Waals surface area contributed by atoms with Crippen molar-refractivity contribution in [3.8, 4) is 0 Å². The van der Waals surface area contributed by atoms with Gasteiger partial charge in [-0.15, -0.1) is 0 Å². The number of aliphatic hydroxyl groups excluding tert-OH is 1. The van der Waals surface area contributed by atoms with E-state index in [0.29, 0.717) is 12.5 Å². The van der Waals surface area contributed by atoms with Crippen LogP contribution in [0.1, 0.15) is 26.7 Å². The fourth-order valence-electron chi connectivity index (χ4n) is 1.19. The van der Waals surface area contributed by atoms with Gasteiger partial charge in [-0.1, -0.05) is 0 Å². The molecule has 0 aromatic heterocycles. The highest BCUT2D eigenvalue weighted by Gasteiger charge is 2.25. The minimum absolute atomic E-state index is 0.0472. The minimum Gasteiger partial charge on any atom is -0.394 e. The van der Waals surface area contributed by atoms with Crippen molar-refractivity contribution in [1.29, 1.82) is 0 Å². The smallest absolute Gasteiger partial charge is 0.234 e. The number of amides is 1. The summed E-state index contributed by atoms with van der Waals surface area (Å²) in [6, 6.07) is 0. The van der Waals surface area contributed by atoms with E-state index in [4.69, 9.17) is 5.11 Å². The third-order valence-corrected chi connectivity index (χ3v) is 3.09. The van der Waals surface area contributed by atoms with E-state index in [9.17, 15) is 4.79 Å². The van der Waals surface area contributed by atoms with Gasteiger partial charge in [0.25, 0.3) is 0 Å². The van der Waals surface area contributed by atoms with Gasteiger partial charge in [-0.3, -0.25) is 9.69 Å². The third kappa shape index (κ3) is 4.18. The lowest BCUT2D eigenvalue weighted by molar-refractivity contribution is -0.123. The molecule has 0 heterocycles. The average Bonchev–Trinajstić information content (AvgIpc) is 2.98. The summed E-state index contributed by atoms with van der Waals surface area (Å²) >= 11 is 0. The Hall–Kier alpha value is -0.610. The molecule has 0 bridgehead atoms. The van der Waals surface area contributed by atoms with Crippen LogP contribution in [0, 0.1) is 5.92 Å². The SMILES string of the molecule is CN(CC(=O)NCC1CC1)C(C)(C)CO. The Labute approximate surface area is 91.6 Å². The standard InChI is InChI=1S/C11H22N2O2/c1-11(2,8-14)13(3)7-10(15)12-6-9-4-5-9/h9,14H,4-8H2,1-3H3,(H,12,15). The van der Waals surface area contributed by atoms with E-state index < -0.39 is 0 Å². The largest absolute Gasteiger partial charge is 0.394 e. The molecule has 88 valence electrons. The number of rotatable bonds is 6. The lowest BCUT2D eigenvalue weighted by Gasteiger charge is -2.33. The molecule has 0 radical (unpaired) electrons. The number of hydrogen-bond donors (Lipinski definition) is 2. The first-order chi connectivity index (χ1) is 6.95. The molecule has 1 fully saturated rings. The molecular formula is C11H22N2O2. The molecule has 4 nitrogen and oxygen atoms in total. The molecule has 0 unspecified atom stereocenters. The van der Waals surface area contributed by atoms with E-state index in [-0.39, 0.29) is 18.1 Å². The van der Waals surface area contributed by atoms with Crippen LogP contribution in [-0.2, 0) is 4.79 Å². The molecule has 0 aromatic carbocycles. The zero-order chi connectivity index (χ0) is 11.5. The van der Waals surface area contributed by atoms with Crippen molar-refractivity contribution in [2.75, 3.05) is 26.7 Å². The monoisotopic (exact) mass is 214 g/mol. The maximum Gasteiger partial charge on any atom is 0.234 e. The maximum absolute atomic E-state index is 11.5. The van der Waals surface area contributed by atoms with Crippen LogP contribution < -0.4 is 5.32 Å². The summed E-state index contributed by atoms with van der Waals surface area (Å²) in [6.45, 7) is 5.05. The number of hydrogen-bond acceptors (Lipinski definition) is 3. The van der Waals surface area contributed by atoms with Crippen molar-refractivity contribution in [1.82, 2.24) is 10.2 Å². The van der Waals surface area contributed by atoms with Crippen LogP contribution in [0.2, 0.25) is 0 Å². The highest BCUT2D eigenvalue weighted by molar-refractivity contribution is 5.78. The van der Waals surface area contributed by atoms with Gasteiger partial charge < -0.3 is 10.4 Å². The summed E-state index contributed by atoms with van der Waals surface area (Å²) < 4.78 is 0. The molecule has 15 heavy (non-hydrogen) atoms. The van der Waals surface area contributed by atoms with Crippen LogP contribution in [0.25, 0.3) is 0 Å². The Bertz CT molecular complexity index is 225. The summed E-state index contributed by atoms with van der Waals surface area (Å²) in [7, 11) is 1.85. The second-order valence-electron chi connectivity index (χ2n) is 5.07.